The second-order valence-electron chi connectivity index (χ2n) is 2.99. The van der Waals surface area contributed by atoms with E-state index in [2.05, 4.69) is 9.72 Å². The van der Waals surface area contributed by atoms with Crippen LogP contribution in [-0.2, 0) is 4.74 Å². The van der Waals surface area contributed by atoms with Crippen LogP contribution in [0.2, 0.25) is 0 Å². The molecule has 0 spiro atoms. The van der Waals surface area contributed by atoms with Crippen LogP contribution in [0.4, 0.5) is 14.6 Å². The van der Waals surface area contributed by atoms with E-state index >= 15 is 0 Å². The fourth-order valence-electron chi connectivity index (χ4n) is 1.20. The first-order valence-electron chi connectivity index (χ1n) is 4.67. The Labute approximate surface area is 95.8 Å². The van der Waals surface area contributed by atoms with Crippen molar-refractivity contribution in [2.45, 2.75) is 13.3 Å². The standard InChI is InChI=1S/C10H9F2N3O2/c1-2-17-10(16)7-5(4-13)3-6(8(11)12)15-9(7)14/h3,8H,2H2,1H3,(H2,14,15). The van der Waals surface area contributed by atoms with Crippen LogP contribution < -0.4 is 5.73 Å². The SMILES string of the molecule is CCOC(=O)c1c(C#N)cc(C(F)F)nc1N. The smallest absolute Gasteiger partial charge is 0.343 e. The van der Waals surface area contributed by atoms with Gasteiger partial charge in [0.05, 0.1) is 12.2 Å². The van der Waals surface area contributed by atoms with Gasteiger partial charge in [0.2, 0.25) is 0 Å². The summed E-state index contributed by atoms with van der Waals surface area (Å²) >= 11 is 0. The number of halogens is 2. The van der Waals surface area contributed by atoms with E-state index in [1.165, 1.54) is 0 Å². The Bertz CT molecular complexity index is 483. The zero-order chi connectivity index (χ0) is 13.0. The van der Waals surface area contributed by atoms with Crippen molar-refractivity contribution < 1.29 is 18.3 Å². The van der Waals surface area contributed by atoms with Gasteiger partial charge in [0.25, 0.3) is 6.43 Å². The van der Waals surface area contributed by atoms with Crippen molar-refractivity contribution in [1.29, 1.82) is 5.26 Å². The molecule has 0 fully saturated rings. The summed E-state index contributed by atoms with van der Waals surface area (Å²) in [5, 5.41) is 8.78. The van der Waals surface area contributed by atoms with Crippen LogP contribution in [-0.4, -0.2) is 17.6 Å². The monoisotopic (exact) mass is 241 g/mol. The number of nitrogens with two attached hydrogens (primary N) is 1. The third-order valence-electron chi connectivity index (χ3n) is 1.89. The molecule has 0 amide bonds. The lowest BCUT2D eigenvalue weighted by molar-refractivity contribution is 0.0526. The van der Waals surface area contributed by atoms with E-state index in [1.807, 2.05) is 0 Å². The number of rotatable bonds is 3. The maximum absolute atomic E-state index is 12.4. The second-order valence-corrected chi connectivity index (χ2v) is 2.99. The molecule has 0 bridgehead atoms. The van der Waals surface area contributed by atoms with Crippen molar-refractivity contribution in [1.82, 2.24) is 4.98 Å². The molecule has 0 saturated carbocycles. The van der Waals surface area contributed by atoms with Gasteiger partial charge in [-0.25, -0.2) is 18.6 Å². The van der Waals surface area contributed by atoms with Crippen LogP contribution >= 0.6 is 0 Å². The van der Waals surface area contributed by atoms with Crippen molar-refractivity contribution >= 4 is 11.8 Å². The van der Waals surface area contributed by atoms with Gasteiger partial charge in [-0.1, -0.05) is 0 Å². The highest BCUT2D eigenvalue weighted by molar-refractivity contribution is 5.96. The van der Waals surface area contributed by atoms with Gasteiger partial charge in [0.15, 0.2) is 0 Å². The highest BCUT2D eigenvalue weighted by Crippen LogP contribution is 2.23. The maximum Gasteiger partial charge on any atom is 0.343 e. The van der Waals surface area contributed by atoms with E-state index in [0.717, 1.165) is 6.07 Å². The molecule has 2 N–H and O–H groups in total. The van der Waals surface area contributed by atoms with Crippen LogP contribution in [0.1, 0.15) is 35.0 Å². The summed E-state index contributed by atoms with van der Waals surface area (Å²) in [6.07, 6.45) is -2.86. The average molecular weight is 241 g/mol. The normalized spacial score (nSPS) is 10.1. The molecule has 5 nitrogen and oxygen atoms in total. The first-order chi connectivity index (χ1) is 8.01. The van der Waals surface area contributed by atoms with Gasteiger partial charge >= 0.3 is 5.97 Å². The predicted octanol–water partition coefficient (Wildman–Crippen LogP) is 1.65. The van der Waals surface area contributed by atoms with Crippen LogP contribution in [0.15, 0.2) is 6.07 Å². The summed E-state index contributed by atoms with van der Waals surface area (Å²) < 4.78 is 29.5. The number of esters is 1. The number of carbonyl (C=O) groups excluding carboxylic acids is 1. The van der Waals surface area contributed by atoms with Crippen LogP contribution in [0.25, 0.3) is 0 Å². The van der Waals surface area contributed by atoms with E-state index in [-0.39, 0.29) is 17.7 Å². The number of ether oxygens (including phenoxy) is 1. The van der Waals surface area contributed by atoms with Gasteiger partial charge in [-0.15, -0.1) is 0 Å². The minimum atomic E-state index is -2.86. The fourth-order valence-corrected chi connectivity index (χ4v) is 1.20. The lowest BCUT2D eigenvalue weighted by Gasteiger charge is -2.08. The van der Waals surface area contributed by atoms with Gasteiger partial charge in [-0.2, -0.15) is 5.26 Å². The number of nitrogen functional groups attached to an aromatic ring is 1. The van der Waals surface area contributed by atoms with Crippen molar-refractivity contribution in [2.24, 2.45) is 0 Å². The molecule has 0 aliphatic rings. The Morgan fingerprint density at radius 1 is 1.71 bits per heavy atom. The first kappa shape index (κ1) is 12.8. The van der Waals surface area contributed by atoms with Crippen LogP contribution in [0.5, 0.6) is 0 Å². The fraction of sp³-hybridized carbons (Fsp3) is 0.300. The van der Waals surface area contributed by atoms with Crippen molar-refractivity contribution in [2.75, 3.05) is 12.3 Å². The summed E-state index contributed by atoms with van der Waals surface area (Å²) in [6.45, 7) is 1.65. The van der Waals surface area contributed by atoms with Gasteiger partial charge in [0, 0.05) is 0 Å². The number of alkyl halides is 2. The Hall–Kier alpha value is -2.23. The van der Waals surface area contributed by atoms with E-state index in [0.29, 0.717) is 0 Å². The Morgan fingerprint density at radius 3 is 2.82 bits per heavy atom. The summed E-state index contributed by atoms with van der Waals surface area (Å²) in [7, 11) is 0. The predicted molar refractivity (Wildman–Crippen MR) is 54.3 cm³/mol. The summed E-state index contributed by atoms with van der Waals surface area (Å²) in [6, 6.07) is 2.44. The van der Waals surface area contributed by atoms with Gasteiger partial charge < -0.3 is 10.5 Å². The second kappa shape index (κ2) is 5.21. The highest BCUT2D eigenvalue weighted by Gasteiger charge is 2.21. The van der Waals surface area contributed by atoms with Gasteiger partial charge in [-0.05, 0) is 13.0 Å². The molecule has 90 valence electrons. The lowest BCUT2D eigenvalue weighted by Crippen LogP contribution is -2.13. The maximum atomic E-state index is 12.4. The molecule has 1 rings (SSSR count). The minimum absolute atomic E-state index is 0.0831. The molecule has 0 atom stereocenters. The van der Waals surface area contributed by atoms with Gasteiger partial charge in [-0.3, -0.25) is 0 Å². The van der Waals surface area contributed by atoms with E-state index in [1.54, 1.807) is 13.0 Å². The van der Waals surface area contributed by atoms with E-state index in [4.69, 9.17) is 11.0 Å². The molecule has 0 radical (unpaired) electrons. The number of nitrogens with zero attached hydrogens (tertiary/aromatic N) is 2. The molecule has 1 heterocycles. The summed E-state index contributed by atoms with van der Waals surface area (Å²) in [4.78, 5) is 14.8. The number of anilines is 1. The average Bonchev–Trinajstić information content (AvgIpc) is 2.27. The van der Waals surface area contributed by atoms with Crippen LogP contribution in [0.3, 0.4) is 0 Å². The highest BCUT2D eigenvalue weighted by atomic mass is 19.3. The molecule has 0 aliphatic heterocycles. The molecular weight excluding hydrogens is 232 g/mol. The number of hydrogen-bond donors (Lipinski definition) is 1. The Kier molecular flexibility index (Phi) is 3.93. The molecular formula is C10H9F2N3O2. The molecule has 0 aliphatic carbocycles. The molecule has 7 heteroatoms. The van der Waals surface area contributed by atoms with Crippen molar-refractivity contribution in [3.05, 3.63) is 22.9 Å². The molecule has 1 aromatic rings. The molecule has 1 aromatic heterocycles. The number of pyridine rings is 1. The number of aromatic nitrogens is 1. The topological polar surface area (TPSA) is 89.0 Å². The largest absolute Gasteiger partial charge is 0.462 e. The number of carbonyl (C=O) groups is 1. The number of hydrogen-bond acceptors (Lipinski definition) is 5. The van der Waals surface area contributed by atoms with Crippen molar-refractivity contribution in [3.63, 3.8) is 0 Å². The summed E-state index contributed by atoms with van der Waals surface area (Å²) in [5.74, 6) is -1.28. The zero-order valence-electron chi connectivity index (χ0n) is 8.91. The van der Waals surface area contributed by atoms with E-state index in [9.17, 15) is 13.6 Å². The molecule has 0 saturated heterocycles. The third-order valence-corrected chi connectivity index (χ3v) is 1.89. The third kappa shape index (κ3) is 2.66. The first-order valence-corrected chi connectivity index (χ1v) is 4.67. The Balaban J connectivity index is 3.32. The number of nitriles is 1. The lowest BCUT2D eigenvalue weighted by atomic mass is 10.1. The van der Waals surface area contributed by atoms with E-state index < -0.39 is 23.9 Å². The van der Waals surface area contributed by atoms with Gasteiger partial charge in [0.1, 0.15) is 23.1 Å². The van der Waals surface area contributed by atoms with Crippen molar-refractivity contribution in [3.8, 4) is 6.07 Å². The quantitative estimate of drug-likeness (QED) is 0.812. The Morgan fingerprint density at radius 2 is 2.35 bits per heavy atom. The zero-order valence-corrected chi connectivity index (χ0v) is 8.91. The molecule has 17 heavy (non-hydrogen) atoms. The molecule has 0 unspecified atom stereocenters. The molecule has 0 aromatic carbocycles. The summed E-state index contributed by atoms with van der Waals surface area (Å²) in [5.41, 5.74) is 4.17. The van der Waals surface area contributed by atoms with Crippen LogP contribution in [0, 0.1) is 11.3 Å². The minimum Gasteiger partial charge on any atom is -0.462 e.